The van der Waals surface area contributed by atoms with E-state index in [0.29, 0.717) is 28.9 Å². The fraction of sp³-hybridized carbons (Fsp3) is 0.344. The van der Waals surface area contributed by atoms with E-state index in [4.69, 9.17) is 14.2 Å². The van der Waals surface area contributed by atoms with Gasteiger partial charge >= 0.3 is 11.9 Å². The smallest absolute Gasteiger partial charge is 0.338 e. The number of hydrogen-bond acceptors (Lipinski definition) is 6. The molecule has 1 unspecified atom stereocenters. The fourth-order valence-electron chi connectivity index (χ4n) is 3.92. The van der Waals surface area contributed by atoms with Crippen LogP contribution in [0.25, 0.3) is 0 Å². The number of carbonyl (C=O) groups excluding carboxylic acids is 3. The number of aryl methyl sites for hydroxylation is 2. The maximum absolute atomic E-state index is 12.9. The summed E-state index contributed by atoms with van der Waals surface area (Å²) in [7, 11) is 1.55. The number of ether oxygens (including phenoxy) is 3. The van der Waals surface area contributed by atoms with E-state index in [9.17, 15) is 14.4 Å². The zero-order chi connectivity index (χ0) is 27.5. The van der Waals surface area contributed by atoms with Crippen molar-refractivity contribution in [1.82, 2.24) is 0 Å². The molecular weight excluding hydrogens is 480 g/mol. The Morgan fingerprint density at radius 1 is 0.658 bits per heavy atom. The molecule has 3 aromatic rings. The Morgan fingerprint density at radius 3 is 1.50 bits per heavy atom. The van der Waals surface area contributed by atoms with E-state index in [0.717, 1.165) is 24.0 Å². The predicted octanol–water partition coefficient (Wildman–Crippen LogP) is 6.50. The van der Waals surface area contributed by atoms with Crippen LogP contribution in [0.15, 0.2) is 72.8 Å². The summed E-state index contributed by atoms with van der Waals surface area (Å²) in [4.78, 5) is 38.3. The normalized spacial score (nSPS) is 12.3. The molecule has 0 saturated carbocycles. The molecule has 0 bridgehead atoms. The summed E-state index contributed by atoms with van der Waals surface area (Å²) >= 11 is 0. The number of Topliss-reactive ketones (excluding diaryl/α,β-unsaturated/α-hetero) is 1. The Morgan fingerprint density at radius 2 is 1.08 bits per heavy atom. The van der Waals surface area contributed by atoms with E-state index in [1.165, 1.54) is 0 Å². The van der Waals surface area contributed by atoms with Gasteiger partial charge < -0.3 is 14.2 Å². The average molecular weight is 517 g/mol. The largest absolute Gasteiger partial charge is 0.497 e. The van der Waals surface area contributed by atoms with Gasteiger partial charge in [-0.05, 0) is 66.8 Å². The fourth-order valence-corrected chi connectivity index (χ4v) is 3.92. The topological polar surface area (TPSA) is 78.9 Å². The summed E-state index contributed by atoms with van der Waals surface area (Å²) in [5, 5.41) is 0. The molecule has 0 N–H and O–H groups in total. The molecule has 0 spiro atoms. The zero-order valence-corrected chi connectivity index (χ0v) is 22.6. The number of benzene rings is 3. The minimum absolute atomic E-state index is 0.000687. The maximum atomic E-state index is 12.9. The van der Waals surface area contributed by atoms with Gasteiger partial charge in [0.2, 0.25) is 0 Å². The third-order valence-electron chi connectivity index (χ3n) is 6.67. The van der Waals surface area contributed by atoms with Crippen LogP contribution in [0.3, 0.4) is 0 Å². The van der Waals surface area contributed by atoms with Gasteiger partial charge in [0.15, 0.2) is 5.78 Å². The molecule has 0 aliphatic rings. The van der Waals surface area contributed by atoms with E-state index >= 15 is 0 Å². The number of esters is 2. The van der Waals surface area contributed by atoms with Crippen molar-refractivity contribution in [2.75, 3.05) is 20.3 Å². The van der Waals surface area contributed by atoms with Gasteiger partial charge in [-0.2, -0.15) is 0 Å². The van der Waals surface area contributed by atoms with Gasteiger partial charge in [0.05, 0.1) is 18.2 Å². The SMILES string of the molecule is CCc1ccc(C(=O)CCC(C)(COC(=O)c2ccc(CC)cc2)COC(=O)c2ccc(OC)cc2)cc1. The highest BCUT2D eigenvalue weighted by molar-refractivity contribution is 5.96. The molecule has 6 heteroatoms. The first-order chi connectivity index (χ1) is 18.3. The summed E-state index contributed by atoms with van der Waals surface area (Å²) in [5.41, 5.74) is 2.99. The van der Waals surface area contributed by atoms with E-state index in [1.807, 2.05) is 50.2 Å². The lowest BCUT2D eigenvalue weighted by Crippen LogP contribution is -2.32. The highest BCUT2D eigenvalue weighted by Crippen LogP contribution is 2.27. The highest BCUT2D eigenvalue weighted by atomic mass is 16.5. The lowest BCUT2D eigenvalue weighted by atomic mass is 9.85. The Balaban J connectivity index is 1.68. The van der Waals surface area contributed by atoms with Crippen LogP contribution in [0, 0.1) is 5.41 Å². The Hall–Kier alpha value is -3.93. The van der Waals surface area contributed by atoms with Crippen LogP contribution in [-0.2, 0) is 22.3 Å². The molecule has 0 aliphatic heterocycles. The van der Waals surface area contributed by atoms with Crippen LogP contribution in [0.2, 0.25) is 0 Å². The molecule has 3 aromatic carbocycles. The van der Waals surface area contributed by atoms with Gasteiger partial charge in [0.1, 0.15) is 19.0 Å². The lowest BCUT2D eigenvalue weighted by Gasteiger charge is -2.28. The first-order valence-corrected chi connectivity index (χ1v) is 13.0. The third kappa shape index (κ3) is 8.04. The molecule has 0 radical (unpaired) electrons. The number of methoxy groups -OCH3 is 1. The molecule has 0 heterocycles. The monoisotopic (exact) mass is 516 g/mol. The molecule has 38 heavy (non-hydrogen) atoms. The Labute approximate surface area is 224 Å². The first-order valence-electron chi connectivity index (χ1n) is 13.0. The Kier molecular flexibility index (Phi) is 10.2. The van der Waals surface area contributed by atoms with Gasteiger partial charge in [-0.15, -0.1) is 0 Å². The molecule has 0 saturated heterocycles. The second-order valence-corrected chi connectivity index (χ2v) is 9.72. The zero-order valence-electron chi connectivity index (χ0n) is 22.6. The van der Waals surface area contributed by atoms with Crippen molar-refractivity contribution in [3.05, 3.63) is 101 Å². The second kappa shape index (κ2) is 13.6. The van der Waals surface area contributed by atoms with Crippen molar-refractivity contribution in [1.29, 1.82) is 0 Å². The number of ketones is 1. The van der Waals surface area contributed by atoms with Crippen LogP contribution in [0.5, 0.6) is 5.75 Å². The van der Waals surface area contributed by atoms with E-state index in [-0.39, 0.29) is 25.4 Å². The maximum Gasteiger partial charge on any atom is 0.338 e. The number of rotatable bonds is 13. The van der Waals surface area contributed by atoms with E-state index < -0.39 is 17.4 Å². The average Bonchev–Trinajstić information content (AvgIpc) is 2.97. The highest BCUT2D eigenvalue weighted by Gasteiger charge is 2.30. The molecule has 200 valence electrons. The van der Waals surface area contributed by atoms with Gasteiger partial charge in [-0.25, -0.2) is 9.59 Å². The van der Waals surface area contributed by atoms with Crippen LogP contribution in [-0.4, -0.2) is 38.0 Å². The van der Waals surface area contributed by atoms with Gasteiger partial charge in [0, 0.05) is 17.4 Å². The standard InChI is InChI=1S/C32H36O6/c1-5-23-7-11-25(12-8-23)29(33)19-20-32(3,21-37-30(34)26-13-9-24(6-2)10-14-26)22-38-31(35)27-15-17-28(36-4)18-16-27/h7-18H,5-6,19-22H2,1-4H3. The number of hydrogen-bond donors (Lipinski definition) is 0. The van der Waals surface area contributed by atoms with Gasteiger partial charge in [-0.3, -0.25) is 4.79 Å². The van der Waals surface area contributed by atoms with Gasteiger partial charge in [-0.1, -0.05) is 57.2 Å². The molecule has 0 aromatic heterocycles. The molecule has 0 amide bonds. The third-order valence-corrected chi connectivity index (χ3v) is 6.67. The first kappa shape index (κ1) is 28.6. The minimum atomic E-state index is -0.764. The van der Waals surface area contributed by atoms with E-state index in [2.05, 4.69) is 6.92 Å². The summed E-state index contributed by atoms with van der Waals surface area (Å²) in [6.07, 6.45) is 2.38. The molecule has 0 aliphatic carbocycles. The second-order valence-electron chi connectivity index (χ2n) is 9.72. The van der Waals surface area contributed by atoms with Crippen molar-refractivity contribution >= 4 is 17.7 Å². The molecule has 3 rings (SSSR count). The van der Waals surface area contributed by atoms with E-state index in [1.54, 1.807) is 43.5 Å². The molecule has 1 atom stereocenters. The summed E-state index contributed by atoms with van der Waals surface area (Å²) < 4.78 is 16.4. The lowest BCUT2D eigenvalue weighted by molar-refractivity contribution is -0.00228. The predicted molar refractivity (Wildman–Crippen MR) is 147 cm³/mol. The van der Waals surface area contributed by atoms with Crippen LogP contribution in [0.4, 0.5) is 0 Å². The Bertz CT molecular complexity index is 1060. The summed E-state index contributed by atoms with van der Waals surface area (Å²) in [6.45, 7) is 5.96. The summed E-state index contributed by atoms with van der Waals surface area (Å²) in [5.74, 6) is -0.332. The van der Waals surface area contributed by atoms with Crippen molar-refractivity contribution in [3.63, 3.8) is 0 Å². The number of carbonyl (C=O) groups is 3. The molecule has 0 fully saturated rings. The van der Waals surface area contributed by atoms with Crippen molar-refractivity contribution in [2.45, 2.75) is 46.5 Å². The summed E-state index contributed by atoms with van der Waals surface area (Å²) in [6, 6.07) is 21.5. The molecule has 6 nitrogen and oxygen atoms in total. The van der Waals surface area contributed by atoms with Crippen molar-refractivity contribution < 1.29 is 28.6 Å². The van der Waals surface area contributed by atoms with Crippen LogP contribution >= 0.6 is 0 Å². The minimum Gasteiger partial charge on any atom is -0.497 e. The quantitative estimate of drug-likeness (QED) is 0.191. The van der Waals surface area contributed by atoms with Crippen LogP contribution in [0.1, 0.15) is 75.8 Å². The van der Waals surface area contributed by atoms with Crippen molar-refractivity contribution in [2.24, 2.45) is 5.41 Å². The van der Waals surface area contributed by atoms with Gasteiger partial charge in [0.25, 0.3) is 0 Å². The van der Waals surface area contributed by atoms with Crippen molar-refractivity contribution in [3.8, 4) is 5.75 Å². The molecular formula is C32H36O6. The van der Waals surface area contributed by atoms with Crippen LogP contribution < -0.4 is 4.74 Å².